The standard InChI is InChI=1S/C15H19N3O3/c1-11-10-13(16)8-9-17(11)15(19)7-4-12-2-5-14(6-3-12)18(20)21/h2-7,11,13H,8-10,16H2,1H3/b7-4+. The minimum atomic E-state index is -0.447. The van der Waals surface area contributed by atoms with Gasteiger partial charge in [0.05, 0.1) is 4.92 Å². The molecule has 1 aromatic rings. The number of carbonyl (C=O) groups is 1. The smallest absolute Gasteiger partial charge is 0.269 e. The van der Waals surface area contributed by atoms with Gasteiger partial charge in [0.2, 0.25) is 5.91 Å². The lowest BCUT2D eigenvalue weighted by Crippen LogP contribution is -2.47. The van der Waals surface area contributed by atoms with E-state index in [0.29, 0.717) is 6.54 Å². The number of hydrogen-bond acceptors (Lipinski definition) is 4. The zero-order valence-corrected chi connectivity index (χ0v) is 11.9. The maximum atomic E-state index is 12.2. The Labute approximate surface area is 123 Å². The topological polar surface area (TPSA) is 89.5 Å². The van der Waals surface area contributed by atoms with Crippen LogP contribution in [0.4, 0.5) is 5.69 Å². The predicted molar refractivity (Wildman–Crippen MR) is 80.5 cm³/mol. The van der Waals surface area contributed by atoms with E-state index in [1.165, 1.54) is 18.2 Å². The number of amides is 1. The molecule has 6 heteroatoms. The van der Waals surface area contributed by atoms with Crippen LogP contribution in [0.5, 0.6) is 0 Å². The highest BCUT2D eigenvalue weighted by Gasteiger charge is 2.25. The summed E-state index contributed by atoms with van der Waals surface area (Å²) in [4.78, 5) is 24.1. The average molecular weight is 289 g/mol. The van der Waals surface area contributed by atoms with Crippen molar-refractivity contribution >= 4 is 17.7 Å². The summed E-state index contributed by atoms with van der Waals surface area (Å²) in [5.74, 6) is -0.0484. The largest absolute Gasteiger partial charge is 0.336 e. The van der Waals surface area contributed by atoms with E-state index in [1.54, 1.807) is 18.2 Å². The summed E-state index contributed by atoms with van der Waals surface area (Å²) in [6.45, 7) is 2.67. The molecular formula is C15H19N3O3. The summed E-state index contributed by atoms with van der Waals surface area (Å²) in [5, 5.41) is 10.6. The predicted octanol–water partition coefficient (Wildman–Crippen LogP) is 1.95. The molecule has 1 fully saturated rings. The number of likely N-dealkylation sites (tertiary alicyclic amines) is 1. The molecule has 2 unspecified atom stereocenters. The van der Waals surface area contributed by atoms with Gasteiger partial charge in [0.15, 0.2) is 0 Å². The number of nitrogens with zero attached hydrogens (tertiary/aromatic N) is 2. The molecule has 0 radical (unpaired) electrons. The van der Waals surface area contributed by atoms with Crippen LogP contribution in [0.15, 0.2) is 30.3 Å². The molecule has 1 aliphatic heterocycles. The number of nitro benzene ring substituents is 1. The van der Waals surface area contributed by atoms with Crippen molar-refractivity contribution in [1.29, 1.82) is 0 Å². The summed E-state index contributed by atoms with van der Waals surface area (Å²) >= 11 is 0. The second kappa shape index (κ2) is 6.49. The summed E-state index contributed by atoms with van der Waals surface area (Å²) in [5.41, 5.74) is 6.68. The highest BCUT2D eigenvalue weighted by atomic mass is 16.6. The Balaban J connectivity index is 2.00. The summed E-state index contributed by atoms with van der Waals surface area (Å²) in [7, 11) is 0. The van der Waals surface area contributed by atoms with Crippen molar-refractivity contribution in [3.05, 3.63) is 46.0 Å². The van der Waals surface area contributed by atoms with Crippen LogP contribution >= 0.6 is 0 Å². The summed E-state index contributed by atoms with van der Waals surface area (Å²) < 4.78 is 0. The van der Waals surface area contributed by atoms with Crippen molar-refractivity contribution in [2.45, 2.75) is 31.8 Å². The molecule has 2 rings (SSSR count). The minimum Gasteiger partial charge on any atom is -0.336 e. The van der Waals surface area contributed by atoms with Gasteiger partial charge in [-0.1, -0.05) is 0 Å². The van der Waals surface area contributed by atoms with Crippen molar-refractivity contribution in [3.8, 4) is 0 Å². The Morgan fingerprint density at radius 3 is 2.67 bits per heavy atom. The van der Waals surface area contributed by atoms with Gasteiger partial charge in [0.1, 0.15) is 0 Å². The molecule has 0 saturated carbocycles. The van der Waals surface area contributed by atoms with Crippen LogP contribution in [-0.4, -0.2) is 34.4 Å². The highest BCUT2D eigenvalue weighted by molar-refractivity contribution is 5.92. The van der Waals surface area contributed by atoms with E-state index >= 15 is 0 Å². The Morgan fingerprint density at radius 1 is 1.43 bits per heavy atom. The Morgan fingerprint density at radius 2 is 2.10 bits per heavy atom. The van der Waals surface area contributed by atoms with Crippen molar-refractivity contribution in [3.63, 3.8) is 0 Å². The van der Waals surface area contributed by atoms with Gasteiger partial charge >= 0.3 is 0 Å². The third-order valence-corrected chi connectivity index (χ3v) is 3.72. The molecule has 1 amide bonds. The van der Waals surface area contributed by atoms with Crippen LogP contribution in [0.2, 0.25) is 0 Å². The van der Waals surface area contributed by atoms with E-state index in [4.69, 9.17) is 5.73 Å². The summed E-state index contributed by atoms with van der Waals surface area (Å²) in [6, 6.07) is 6.40. The fourth-order valence-corrected chi connectivity index (χ4v) is 2.51. The monoisotopic (exact) mass is 289 g/mol. The van der Waals surface area contributed by atoms with E-state index in [0.717, 1.165) is 18.4 Å². The number of carbonyl (C=O) groups excluding carboxylic acids is 1. The van der Waals surface area contributed by atoms with Gasteiger partial charge in [-0.3, -0.25) is 14.9 Å². The molecule has 0 bridgehead atoms. The van der Waals surface area contributed by atoms with Crippen molar-refractivity contribution < 1.29 is 9.72 Å². The molecular weight excluding hydrogens is 270 g/mol. The molecule has 1 saturated heterocycles. The SMILES string of the molecule is CC1CC(N)CCN1C(=O)/C=C/c1ccc([N+](=O)[O-])cc1. The number of nitro groups is 1. The van der Waals surface area contributed by atoms with E-state index in [2.05, 4.69) is 0 Å². The fraction of sp³-hybridized carbons (Fsp3) is 0.400. The quantitative estimate of drug-likeness (QED) is 0.523. The van der Waals surface area contributed by atoms with Crippen LogP contribution in [0.3, 0.4) is 0 Å². The van der Waals surface area contributed by atoms with Crippen LogP contribution < -0.4 is 5.73 Å². The first-order valence-corrected chi connectivity index (χ1v) is 6.96. The Hall–Kier alpha value is -2.21. The zero-order valence-electron chi connectivity index (χ0n) is 11.9. The van der Waals surface area contributed by atoms with E-state index in [9.17, 15) is 14.9 Å². The number of hydrogen-bond donors (Lipinski definition) is 1. The van der Waals surface area contributed by atoms with Gasteiger partial charge in [-0.05, 0) is 43.5 Å². The molecule has 2 atom stereocenters. The van der Waals surface area contributed by atoms with Gasteiger partial charge < -0.3 is 10.6 Å². The third kappa shape index (κ3) is 3.88. The van der Waals surface area contributed by atoms with E-state index in [-0.39, 0.29) is 23.7 Å². The molecule has 112 valence electrons. The molecule has 0 spiro atoms. The van der Waals surface area contributed by atoms with Crippen LogP contribution in [0, 0.1) is 10.1 Å². The van der Waals surface area contributed by atoms with E-state index in [1.807, 2.05) is 11.8 Å². The first-order chi connectivity index (χ1) is 9.97. The van der Waals surface area contributed by atoms with Gasteiger partial charge in [-0.25, -0.2) is 0 Å². The Bertz CT molecular complexity index is 554. The number of nitrogens with two attached hydrogens (primary N) is 1. The molecule has 0 aromatic heterocycles. The van der Waals surface area contributed by atoms with Gasteiger partial charge in [-0.2, -0.15) is 0 Å². The fourth-order valence-electron chi connectivity index (χ4n) is 2.51. The number of benzene rings is 1. The second-order valence-corrected chi connectivity index (χ2v) is 5.35. The normalized spacial score (nSPS) is 22.5. The maximum absolute atomic E-state index is 12.2. The van der Waals surface area contributed by atoms with Gasteiger partial charge in [0, 0.05) is 36.8 Å². The van der Waals surface area contributed by atoms with Crippen LogP contribution in [-0.2, 0) is 4.79 Å². The highest BCUT2D eigenvalue weighted by Crippen LogP contribution is 2.17. The van der Waals surface area contributed by atoms with Crippen molar-refractivity contribution in [2.24, 2.45) is 5.73 Å². The molecule has 1 aromatic carbocycles. The molecule has 1 aliphatic rings. The second-order valence-electron chi connectivity index (χ2n) is 5.35. The summed E-state index contributed by atoms with van der Waals surface area (Å²) in [6.07, 6.45) is 4.82. The third-order valence-electron chi connectivity index (χ3n) is 3.72. The van der Waals surface area contributed by atoms with Crippen LogP contribution in [0.25, 0.3) is 6.08 Å². The number of piperidine rings is 1. The number of rotatable bonds is 3. The molecule has 2 N–H and O–H groups in total. The Kier molecular flexibility index (Phi) is 4.70. The van der Waals surface area contributed by atoms with Crippen molar-refractivity contribution in [2.75, 3.05) is 6.54 Å². The minimum absolute atomic E-state index is 0.0390. The van der Waals surface area contributed by atoms with E-state index < -0.39 is 4.92 Å². The molecule has 21 heavy (non-hydrogen) atoms. The first kappa shape index (κ1) is 15.2. The maximum Gasteiger partial charge on any atom is 0.269 e. The number of non-ortho nitro benzene ring substituents is 1. The van der Waals surface area contributed by atoms with Crippen LogP contribution in [0.1, 0.15) is 25.3 Å². The average Bonchev–Trinajstić information content (AvgIpc) is 2.45. The van der Waals surface area contributed by atoms with Gasteiger partial charge in [-0.15, -0.1) is 0 Å². The molecule has 0 aliphatic carbocycles. The lowest BCUT2D eigenvalue weighted by atomic mass is 9.99. The van der Waals surface area contributed by atoms with Gasteiger partial charge in [0.25, 0.3) is 5.69 Å². The lowest BCUT2D eigenvalue weighted by Gasteiger charge is -2.35. The molecule has 6 nitrogen and oxygen atoms in total. The lowest BCUT2D eigenvalue weighted by molar-refractivity contribution is -0.384. The first-order valence-electron chi connectivity index (χ1n) is 6.96. The zero-order chi connectivity index (χ0) is 15.4. The van der Waals surface area contributed by atoms with Crippen molar-refractivity contribution in [1.82, 2.24) is 4.90 Å². The molecule has 1 heterocycles.